The number of halogens is 3. The van der Waals surface area contributed by atoms with Crippen LogP contribution in [0.15, 0.2) is 27.5 Å². The van der Waals surface area contributed by atoms with Gasteiger partial charge >= 0.3 is 0 Å². The predicted molar refractivity (Wildman–Crippen MR) is 85.9 cm³/mol. The molecule has 0 aliphatic heterocycles. The van der Waals surface area contributed by atoms with Crippen molar-refractivity contribution >= 4 is 33.4 Å². The predicted octanol–water partition coefficient (Wildman–Crippen LogP) is 3.03. The minimum Gasteiger partial charge on any atom is -0.346 e. The van der Waals surface area contributed by atoms with Crippen molar-refractivity contribution in [1.82, 2.24) is 9.97 Å². The van der Waals surface area contributed by atoms with Gasteiger partial charge in [-0.15, -0.1) is 0 Å². The molecule has 0 aliphatic carbocycles. The number of aromatic amines is 1. The Bertz CT molecular complexity index is 730. The molecular formula is C14H15BrF2N4O. The van der Waals surface area contributed by atoms with Crippen molar-refractivity contribution in [3.05, 3.63) is 44.7 Å². The first kappa shape index (κ1) is 16.4. The van der Waals surface area contributed by atoms with Gasteiger partial charge in [0.15, 0.2) is 5.82 Å². The first-order valence-corrected chi connectivity index (χ1v) is 7.34. The van der Waals surface area contributed by atoms with Gasteiger partial charge in [-0.3, -0.25) is 9.78 Å². The molecule has 0 saturated carbocycles. The molecule has 0 radical (unpaired) electrons. The Morgan fingerprint density at radius 3 is 2.41 bits per heavy atom. The molecular weight excluding hydrogens is 358 g/mol. The fraction of sp³-hybridized carbons (Fsp3) is 0.286. The number of anilines is 3. The number of hydrogen-bond acceptors (Lipinski definition) is 4. The third kappa shape index (κ3) is 2.96. The first-order valence-electron chi connectivity index (χ1n) is 6.55. The van der Waals surface area contributed by atoms with E-state index in [1.807, 2.05) is 6.92 Å². The molecule has 22 heavy (non-hydrogen) atoms. The summed E-state index contributed by atoms with van der Waals surface area (Å²) in [7, 11) is 3.20. The summed E-state index contributed by atoms with van der Waals surface area (Å²) in [5.41, 5.74) is -0.699. The molecule has 5 nitrogen and oxygen atoms in total. The molecule has 1 aromatic heterocycles. The molecule has 0 aliphatic rings. The average molecular weight is 373 g/mol. The van der Waals surface area contributed by atoms with Crippen molar-refractivity contribution in [3.63, 3.8) is 0 Å². The quantitative estimate of drug-likeness (QED) is 0.895. The van der Waals surface area contributed by atoms with Crippen molar-refractivity contribution < 1.29 is 8.78 Å². The van der Waals surface area contributed by atoms with Crippen molar-refractivity contribution in [3.8, 4) is 0 Å². The van der Waals surface area contributed by atoms with Crippen LogP contribution in [0.2, 0.25) is 0 Å². The number of hydrogen-bond donors (Lipinski definition) is 1. The highest BCUT2D eigenvalue weighted by molar-refractivity contribution is 9.10. The Morgan fingerprint density at radius 1 is 1.27 bits per heavy atom. The summed E-state index contributed by atoms with van der Waals surface area (Å²) in [6, 6.07) is 3.57. The second kappa shape index (κ2) is 6.43. The number of para-hydroxylation sites is 1. The molecule has 0 saturated heterocycles. The van der Waals surface area contributed by atoms with E-state index >= 15 is 0 Å². The molecule has 1 N–H and O–H groups in total. The standard InChI is InChI=1S/C14H15BrF2N4O/c1-4-20(2)14-18-12(10(15)13(22)19-14)21(3)11-8(16)6-5-7-9(11)17/h5-7H,4H2,1-3H3,(H,18,19,22). The number of rotatable bonds is 4. The monoisotopic (exact) mass is 372 g/mol. The average Bonchev–Trinajstić information content (AvgIpc) is 2.48. The van der Waals surface area contributed by atoms with Crippen LogP contribution >= 0.6 is 15.9 Å². The van der Waals surface area contributed by atoms with E-state index in [9.17, 15) is 13.6 Å². The summed E-state index contributed by atoms with van der Waals surface area (Å²) in [6.45, 7) is 2.50. The smallest absolute Gasteiger partial charge is 0.268 e. The van der Waals surface area contributed by atoms with Gasteiger partial charge in [-0.05, 0) is 35.0 Å². The highest BCUT2D eigenvalue weighted by atomic mass is 79.9. The van der Waals surface area contributed by atoms with E-state index in [0.29, 0.717) is 12.5 Å². The van der Waals surface area contributed by atoms with Crippen molar-refractivity contribution in [1.29, 1.82) is 0 Å². The summed E-state index contributed by atoms with van der Waals surface area (Å²) in [5, 5.41) is 0. The minimum absolute atomic E-state index is 0.103. The van der Waals surface area contributed by atoms with Gasteiger partial charge in [0.2, 0.25) is 5.95 Å². The second-order valence-corrected chi connectivity index (χ2v) is 5.46. The molecule has 0 bridgehead atoms. The van der Waals surface area contributed by atoms with Gasteiger partial charge in [-0.25, -0.2) is 8.78 Å². The zero-order valence-corrected chi connectivity index (χ0v) is 13.9. The maximum absolute atomic E-state index is 13.9. The molecule has 0 spiro atoms. The van der Waals surface area contributed by atoms with Gasteiger partial charge in [-0.2, -0.15) is 4.98 Å². The molecule has 1 heterocycles. The SMILES string of the molecule is CCN(C)c1nc(N(C)c2c(F)cccc2F)c(Br)c(=O)[nH]1. The lowest BCUT2D eigenvalue weighted by Crippen LogP contribution is -2.26. The summed E-state index contributed by atoms with van der Waals surface area (Å²) in [6.07, 6.45) is 0. The fourth-order valence-electron chi connectivity index (χ4n) is 1.90. The topological polar surface area (TPSA) is 52.2 Å². The summed E-state index contributed by atoms with van der Waals surface area (Å²) >= 11 is 3.12. The summed E-state index contributed by atoms with van der Waals surface area (Å²) in [5.74, 6) is -1.03. The Labute approximate surface area is 134 Å². The van der Waals surface area contributed by atoms with Crippen LogP contribution in [0.1, 0.15) is 6.92 Å². The molecule has 8 heteroatoms. The van der Waals surface area contributed by atoms with Gasteiger partial charge in [0.25, 0.3) is 5.56 Å². The van der Waals surface area contributed by atoms with E-state index in [-0.39, 0.29) is 16.0 Å². The van der Waals surface area contributed by atoms with E-state index in [4.69, 9.17) is 0 Å². The lowest BCUT2D eigenvalue weighted by Gasteiger charge is -2.23. The molecule has 0 amide bonds. The normalized spacial score (nSPS) is 10.6. The lowest BCUT2D eigenvalue weighted by molar-refractivity contribution is 0.583. The molecule has 0 fully saturated rings. The number of nitrogens with zero attached hydrogens (tertiary/aromatic N) is 3. The molecule has 118 valence electrons. The van der Waals surface area contributed by atoms with E-state index in [2.05, 4.69) is 25.9 Å². The lowest BCUT2D eigenvalue weighted by atomic mass is 10.2. The maximum atomic E-state index is 13.9. The number of benzene rings is 1. The van der Waals surface area contributed by atoms with Gasteiger partial charge in [0, 0.05) is 20.6 Å². The van der Waals surface area contributed by atoms with Gasteiger partial charge in [0.1, 0.15) is 21.8 Å². The minimum atomic E-state index is -0.734. The van der Waals surface area contributed by atoms with Crippen LogP contribution in [-0.4, -0.2) is 30.6 Å². The molecule has 0 atom stereocenters. The molecule has 2 aromatic rings. The van der Waals surface area contributed by atoms with E-state index < -0.39 is 17.2 Å². The van der Waals surface area contributed by atoms with Crippen LogP contribution in [0.4, 0.5) is 26.2 Å². The Hall–Kier alpha value is -1.96. The highest BCUT2D eigenvalue weighted by Gasteiger charge is 2.20. The van der Waals surface area contributed by atoms with Crippen LogP contribution in [0.25, 0.3) is 0 Å². The van der Waals surface area contributed by atoms with Gasteiger partial charge in [-0.1, -0.05) is 6.07 Å². The third-order valence-corrected chi connectivity index (χ3v) is 3.97. The van der Waals surface area contributed by atoms with Gasteiger partial charge < -0.3 is 9.80 Å². The molecule has 1 aromatic carbocycles. The Morgan fingerprint density at radius 2 is 1.86 bits per heavy atom. The van der Waals surface area contributed by atoms with Crippen LogP contribution in [0.3, 0.4) is 0 Å². The second-order valence-electron chi connectivity index (χ2n) is 4.67. The fourth-order valence-corrected chi connectivity index (χ4v) is 2.36. The van der Waals surface area contributed by atoms with Crippen molar-refractivity contribution in [2.45, 2.75) is 6.92 Å². The van der Waals surface area contributed by atoms with Crippen molar-refractivity contribution in [2.24, 2.45) is 0 Å². The number of H-pyrrole nitrogens is 1. The van der Waals surface area contributed by atoms with Crippen LogP contribution in [0, 0.1) is 11.6 Å². The zero-order valence-electron chi connectivity index (χ0n) is 12.3. The summed E-state index contributed by atoms with van der Waals surface area (Å²) in [4.78, 5) is 21.8. The highest BCUT2D eigenvalue weighted by Crippen LogP contribution is 2.31. The summed E-state index contributed by atoms with van der Waals surface area (Å²) < 4.78 is 27.9. The zero-order chi connectivity index (χ0) is 16.4. The van der Waals surface area contributed by atoms with E-state index in [0.717, 1.165) is 12.1 Å². The van der Waals surface area contributed by atoms with Gasteiger partial charge in [0.05, 0.1) is 0 Å². The Kier molecular flexibility index (Phi) is 4.80. The van der Waals surface area contributed by atoms with Crippen LogP contribution in [0.5, 0.6) is 0 Å². The maximum Gasteiger partial charge on any atom is 0.268 e. The van der Waals surface area contributed by atoms with E-state index in [1.165, 1.54) is 18.0 Å². The first-order chi connectivity index (χ1) is 10.4. The third-order valence-electron chi connectivity index (χ3n) is 3.26. The Balaban J connectivity index is 2.61. The molecule has 2 rings (SSSR count). The van der Waals surface area contributed by atoms with Crippen LogP contribution < -0.4 is 15.4 Å². The molecule has 0 unspecified atom stereocenters. The van der Waals surface area contributed by atoms with Crippen LogP contribution in [-0.2, 0) is 0 Å². The number of aromatic nitrogens is 2. The largest absolute Gasteiger partial charge is 0.346 e. The van der Waals surface area contributed by atoms with Crippen molar-refractivity contribution in [2.75, 3.05) is 30.4 Å². The number of nitrogens with one attached hydrogen (secondary N) is 1. The van der Waals surface area contributed by atoms with E-state index in [1.54, 1.807) is 11.9 Å².